The molecule has 1 aromatic carbocycles. The zero-order valence-electron chi connectivity index (χ0n) is 22.3. The number of fused-ring (bicyclic) bond motifs is 1. The molecule has 0 atom stereocenters. The Bertz CT molecular complexity index is 1460. The number of rotatable bonds is 13. The number of hydrogen-bond acceptors (Lipinski definition) is 8. The number of aliphatic carboxylic acids is 3. The number of carbonyl (C=O) groups is 3. The van der Waals surface area contributed by atoms with Crippen LogP contribution in [0.3, 0.4) is 0 Å². The summed E-state index contributed by atoms with van der Waals surface area (Å²) < 4.78 is 7.93. The van der Waals surface area contributed by atoms with Crippen molar-refractivity contribution in [2.24, 2.45) is 0 Å². The van der Waals surface area contributed by atoms with Gasteiger partial charge < -0.3 is 29.4 Å². The van der Waals surface area contributed by atoms with Gasteiger partial charge in [0.2, 0.25) is 0 Å². The molecular formula is C28H31ClN4O8. The van der Waals surface area contributed by atoms with E-state index in [-0.39, 0.29) is 0 Å². The van der Waals surface area contributed by atoms with Crippen molar-refractivity contribution in [3.63, 3.8) is 0 Å². The monoisotopic (exact) mass is 586 g/mol. The summed E-state index contributed by atoms with van der Waals surface area (Å²) in [5, 5.41) is 35.6. The number of halogens is 1. The van der Waals surface area contributed by atoms with Crippen LogP contribution in [0.15, 0.2) is 65.7 Å². The Morgan fingerprint density at radius 2 is 1.76 bits per heavy atom. The standard InChI is InChI=1S/C22H23ClN4O.C6H8O7/c1-17-3-5-20(28-17)15-27(11-2-10-26-12-9-24-16-26)14-18-7-8-25-22-6-4-19(23)13-21(18)22;7-3(8)1-6(13,5(11)12)2-4(9)10/h3-9,12-13,16H,2,10-11,14-15H2,1H3;13H,1-2H2,(H,7,8)(H,9,10)(H,11,12). The molecule has 4 aromatic rings. The van der Waals surface area contributed by atoms with Crippen LogP contribution in [0.1, 0.15) is 36.3 Å². The third kappa shape index (κ3) is 9.71. The molecule has 3 heterocycles. The van der Waals surface area contributed by atoms with Crippen LogP contribution in [0.5, 0.6) is 0 Å². The van der Waals surface area contributed by atoms with Crippen LogP contribution in [-0.4, -0.2) is 69.9 Å². The first kappa shape index (κ1) is 31.3. The highest BCUT2D eigenvalue weighted by Gasteiger charge is 2.40. The number of aromatic nitrogens is 3. The van der Waals surface area contributed by atoms with E-state index in [9.17, 15) is 14.4 Å². The first-order valence-electron chi connectivity index (χ1n) is 12.6. The summed E-state index contributed by atoms with van der Waals surface area (Å²) in [6.45, 7) is 5.44. The van der Waals surface area contributed by atoms with E-state index in [1.54, 1.807) is 0 Å². The molecule has 0 radical (unpaired) electrons. The van der Waals surface area contributed by atoms with Gasteiger partial charge in [0.1, 0.15) is 11.5 Å². The summed E-state index contributed by atoms with van der Waals surface area (Å²) in [4.78, 5) is 41.5. The van der Waals surface area contributed by atoms with Crippen molar-refractivity contribution in [2.75, 3.05) is 6.54 Å². The Labute approximate surface area is 240 Å². The molecule has 4 rings (SSSR count). The number of carboxylic acids is 3. The van der Waals surface area contributed by atoms with Crippen molar-refractivity contribution in [1.29, 1.82) is 0 Å². The fraction of sp³-hybridized carbons (Fsp3) is 0.321. The van der Waals surface area contributed by atoms with Crippen LogP contribution in [0, 0.1) is 6.92 Å². The van der Waals surface area contributed by atoms with E-state index in [0.29, 0.717) is 0 Å². The molecular weight excluding hydrogens is 556 g/mol. The molecule has 0 aliphatic carbocycles. The molecule has 41 heavy (non-hydrogen) atoms. The fourth-order valence-electron chi connectivity index (χ4n) is 4.17. The Morgan fingerprint density at radius 3 is 2.34 bits per heavy atom. The maximum atomic E-state index is 10.3. The summed E-state index contributed by atoms with van der Waals surface area (Å²) in [6.07, 6.45) is 6.28. The van der Waals surface area contributed by atoms with Crippen LogP contribution in [-0.2, 0) is 34.0 Å². The third-order valence-electron chi connectivity index (χ3n) is 6.10. The minimum atomic E-state index is -2.74. The molecule has 12 nitrogen and oxygen atoms in total. The average Bonchev–Trinajstić information content (AvgIpc) is 3.55. The van der Waals surface area contributed by atoms with E-state index in [1.165, 1.54) is 5.56 Å². The highest BCUT2D eigenvalue weighted by Crippen LogP contribution is 2.23. The van der Waals surface area contributed by atoms with Crippen molar-refractivity contribution in [1.82, 2.24) is 19.4 Å². The third-order valence-corrected chi connectivity index (χ3v) is 6.33. The number of pyridine rings is 1. The Hall–Kier alpha value is -4.26. The molecule has 0 amide bonds. The van der Waals surface area contributed by atoms with Crippen LogP contribution >= 0.6 is 11.6 Å². The molecule has 13 heteroatoms. The zero-order chi connectivity index (χ0) is 30.0. The molecule has 0 saturated carbocycles. The van der Waals surface area contributed by atoms with Crippen LogP contribution in [0.25, 0.3) is 10.9 Å². The van der Waals surface area contributed by atoms with Crippen LogP contribution in [0.2, 0.25) is 5.02 Å². The first-order chi connectivity index (χ1) is 19.4. The smallest absolute Gasteiger partial charge is 0.336 e. The molecule has 0 bridgehead atoms. The molecule has 0 fully saturated rings. The maximum absolute atomic E-state index is 10.3. The summed E-state index contributed by atoms with van der Waals surface area (Å²) in [6, 6.07) is 12.0. The number of imidazole rings is 1. The normalized spacial score (nSPS) is 11.3. The van der Waals surface area contributed by atoms with Crippen molar-refractivity contribution in [3.8, 4) is 0 Å². The van der Waals surface area contributed by atoms with E-state index in [2.05, 4.69) is 31.6 Å². The SMILES string of the molecule is Cc1ccc(CN(CCCn2ccnc2)Cc2ccnc3ccc(Cl)cc23)o1.O=C(O)CC(O)(CC(=O)O)C(=O)O. The summed E-state index contributed by atoms with van der Waals surface area (Å²) in [5.74, 6) is -3.10. The number of furan rings is 1. The Kier molecular flexibility index (Phi) is 11.0. The second-order valence-corrected chi connectivity index (χ2v) is 9.92. The van der Waals surface area contributed by atoms with E-state index >= 15 is 0 Å². The van der Waals surface area contributed by atoms with Crippen molar-refractivity contribution >= 4 is 40.4 Å². The molecule has 0 spiro atoms. The van der Waals surface area contributed by atoms with E-state index < -0.39 is 36.4 Å². The fourth-order valence-corrected chi connectivity index (χ4v) is 4.34. The van der Waals surface area contributed by atoms with Crippen molar-refractivity contribution in [3.05, 3.63) is 83.4 Å². The van der Waals surface area contributed by atoms with E-state index in [0.717, 1.165) is 60.0 Å². The highest BCUT2D eigenvalue weighted by atomic mass is 35.5. The van der Waals surface area contributed by atoms with E-state index in [4.69, 9.17) is 36.4 Å². The van der Waals surface area contributed by atoms with Gasteiger partial charge in [-0.05, 0) is 55.3 Å². The number of aliphatic hydroxyl groups is 1. The van der Waals surface area contributed by atoms with Gasteiger partial charge >= 0.3 is 17.9 Å². The summed E-state index contributed by atoms with van der Waals surface area (Å²) >= 11 is 6.24. The topological polar surface area (TPSA) is 179 Å². The minimum Gasteiger partial charge on any atom is -0.481 e. The summed E-state index contributed by atoms with van der Waals surface area (Å²) in [7, 11) is 0. The van der Waals surface area contributed by atoms with Crippen LogP contribution in [0.4, 0.5) is 0 Å². The van der Waals surface area contributed by atoms with Gasteiger partial charge in [-0.1, -0.05) is 11.6 Å². The van der Waals surface area contributed by atoms with Gasteiger partial charge in [-0.2, -0.15) is 0 Å². The second kappa shape index (κ2) is 14.4. The first-order valence-corrected chi connectivity index (χ1v) is 13.0. The highest BCUT2D eigenvalue weighted by molar-refractivity contribution is 6.31. The van der Waals surface area contributed by atoms with Gasteiger partial charge in [-0.3, -0.25) is 19.5 Å². The van der Waals surface area contributed by atoms with E-state index in [1.807, 2.05) is 56.1 Å². The van der Waals surface area contributed by atoms with Gasteiger partial charge in [-0.25, -0.2) is 9.78 Å². The van der Waals surface area contributed by atoms with Gasteiger partial charge in [0, 0.05) is 48.6 Å². The predicted octanol–water partition coefficient (Wildman–Crippen LogP) is 3.83. The number of hydrogen-bond donors (Lipinski definition) is 4. The number of aryl methyl sites for hydroxylation is 2. The van der Waals surface area contributed by atoms with Crippen LogP contribution < -0.4 is 0 Å². The molecule has 218 valence electrons. The lowest BCUT2D eigenvalue weighted by atomic mass is 9.96. The Balaban J connectivity index is 0.000000302. The van der Waals surface area contributed by atoms with Gasteiger partial charge in [0.25, 0.3) is 0 Å². The van der Waals surface area contributed by atoms with Crippen molar-refractivity contribution in [2.45, 2.75) is 51.4 Å². The number of nitrogens with zero attached hydrogens (tertiary/aromatic N) is 4. The maximum Gasteiger partial charge on any atom is 0.336 e. The lowest BCUT2D eigenvalue weighted by Gasteiger charge is -2.22. The average molecular weight is 587 g/mol. The minimum absolute atomic E-state index is 0.732. The Morgan fingerprint density at radius 1 is 1.02 bits per heavy atom. The molecule has 0 saturated heterocycles. The summed E-state index contributed by atoms with van der Waals surface area (Å²) in [5.41, 5.74) is -0.551. The second-order valence-electron chi connectivity index (χ2n) is 9.49. The van der Waals surface area contributed by atoms with Crippen molar-refractivity contribution < 1.29 is 39.2 Å². The van der Waals surface area contributed by atoms with Gasteiger partial charge in [0.05, 0.1) is 31.2 Å². The number of benzene rings is 1. The largest absolute Gasteiger partial charge is 0.481 e. The lowest BCUT2D eigenvalue weighted by molar-refractivity contribution is -0.170. The molecule has 0 unspecified atom stereocenters. The quantitative estimate of drug-likeness (QED) is 0.179. The zero-order valence-corrected chi connectivity index (χ0v) is 23.1. The molecule has 3 aromatic heterocycles. The predicted molar refractivity (Wildman–Crippen MR) is 148 cm³/mol. The number of carboxylic acid groups (broad SMARTS) is 3. The van der Waals surface area contributed by atoms with Gasteiger partial charge in [0.15, 0.2) is 5.60 Å². The molecule has 0 aliphatic heterocycles. The molecule has 4 N–H and O–H groups in total. The van der Waals surface area contributed by atoms with Gasteiger partial charge in [-0.15, -0.1) is 0 Å². The lowest BCUT2D eigenvalue weighted by Crippen LogP contribution is -2.42. The molecule has 0 aliphatic rings.